The highest BCUT2D eigenvalue weighted by molar-refractivity contribution is 5.85. The van der Waals surface area contributed by atoms with Gasteiger partial charge in [0.2, 0.25) is 0 Å². The molecule has 0 aliphatic carbocycles. The average molecular weight is 257 g/mol. The van der Waals surface area contributed by atoms with Crippen LogP contribution in [0.1, 0.15) is 21.6 Å². The third-order valence-electron chi connectivity index (χ3n) is 2.66. The van der Waals surface area contributed by atoms with Gasteiger partial charge < -0.3 is 10.4 Å². The minimum absolute atomic E-state index is 0.0550. The molecule has 0 atom stereocenters. The van der Waals surface area contributed by atoms with Crippen LogP contribution in [0.15, 0.2) is 36.7 Å². The summed E-state index contributed by atoms with van der Waals surface area (Å²) in [7, 11) is 0. The molecule has 2 N–H and O–H groups in total. The number of benzene rings is 1. The van der Waals surface area contributed by atoms with Crippen molar-refractivity contribution in [2.24, 2.45) is 0 Å². The van der Waals surface area contributed by atoms with Gasteiger partial charge in [0.1, 0.15) is 5.82 Å². The molecule has 98 valence electrons. The Morgan fingerprint density at radius 3 is 2.95 bits per heavy atom. The number of anilines is 1. The van der Waals surface area contributed by atoms with Gasteiger partial charge in [-0.1, -0.05) is 29.8 Å². The van der Waals surface area contributed by atoms with E-state index in [0.29, 0.717) is 12.4 Å². The lowest BCUT2D eigenvalue weighted by Gasteiger charge is -2.06. The van der Waals surface area contributed by atoms with Crippen LogP contribution in [0, 0.1) is 6.92 Å². The van der Waals surface area contributed by atoms with Crippen LogP contribution in [0.4, 0.5) is 5.82 Å². The quantitative estimate of drug-likeness (QED) is 0.858. The molecule has 0 aliphatic heterocycles. The number of carboxylic acid groups (broad SMARTS) is 1. The van der Waals surface area contributed by atoms with Gasteiger partial charge in [-0.25, -0.2) is 9.78 Å². The highest BCUT2D eigenvalue weighted by Crippen LogP contribution is 2.06. The summed E-state index contributed by atoms with van der Waals surface area (Å²) in [5.41, 5.74) is 2.40. The zero-order chi connectivity index (χ0) is 13.7. The van der Waals surface area contributed by atoms with Crippen molar-refractivity contribution in [2.75, 3.05) is 11.9 Å². The van der Waals surface area contributed by atoms with Crippen LogP contribution >= 0.6 is 0 Å². The Morgan fingerprint density at radius 1 is 1.37 bits per heavy atom. The normalized spacial score (nSPS) is 10.2. The van der Waals surface area contributed by atoms with E-state index < -0.39 is 5.97 Å². The second kappa shape index (κ2) is 5.95. The van der Waals surface area contributed by atoms with Crippen LogP contribution in [0.25, 0.3) is 0 Å². The molecule has 0 saturated heterocycles. The van der Waals surface area contributed by atoms with E-state index in [2.05, 4.69) is 40.4 Å². The van der Waals surface area contributed by atoms with Gasteiger partial charge in [0, 0.05) is 6.54 Å². The summed E-state index contributed by atoms with van der Waals surface area (Å²) in [6.45, 7) is 2.74. The molecule has 5 heteroatoms. The largest absolute Gasteiger partial charge is 0.476 e. The molecule has 0 aliphatic rings. The summed E-state index contributed by atoms with van der Waals surface area (Å²) < 4.78 is 0. The van der Waals surface area contributed by atoms with Crippen molar-refractivity contribution in [2.45, 2.75) is 13.3 Å². The number of carboxylic acids is 1. The van der Waals surface area contributed by atoms with E-state index in [1.165, 1.54) is 23.5 Å². The maximum absolute atomic E-state index is 10.8. The molecule has 1 heterocycles. The van der Waals surface area contributed by atoms with Crippen molar-refractivity contribution in [3.63, 3.8) is 0 Å². The first-order valence-electron chi connectivity index (χ1n) is 6.00. The van der Waals surface area contributed by atoms with Gasteiger partial charge in [0.15, 0.2) is 5.69 Å². The van der Waals surface area contributed by atoms with Crippen molar-refractivity contribution in [1.29, 1.82) is 0 Å². The van der Waals surface area contributed by atoms with Crippen molar-refractivity contribution in [3.8, 4) is 0 Å². The minimum Gasteiger partial charge on any atom is -0.476 e. The van der Waals surface area contributed by atoms with Crippen LogP contribution in [-0.4, -0.2) is 27.6 Å². The predicted molar refractivity (Wildman–Crippen MR) is 72.4 cm³/mol. The second-order valence-corrected chi connectivity index (χ2v) is 4.26. The number of nitrogens with one attached hydrogen (secondary N) is 1. The molecule has 0 unspecified atom stereocenters. The third-order valence-corrected chi connectivity index (χ3v) is 2.66. The van der Waals surface area contributed by atoms with Crippen LogP contribution in [-0.2, 0) is 6.42 Å². The number of aromatic nitrogens is 2. The fraction of sp³-hybridized carbons (Fsp3) is 0.214. The van der Waals surface area contributed by atoms with Gasteiger partial charge in [0.05, 0.1) is 12.4 Å². The fourth-order valence-corrected chi connectivity index (χ4v) is 1.76. The molecule has 19 heavy (non-hydrogen) atoms. The van der Waals surface area contributed by atoms with Crippen molar-refractivity contribution in [1.82, 2.24) is 9.97 Å². The van der Waals surface area contributed by atoms with Crippen LogP contribution < -0.4 is 5.32 Å². The number of nitrogens with zero attached hydrogens (tertiary/aromatic N) is 2. The van der Waals surface area contributed by atoms with E-state index in [-0.39, 0.29) is 5.69 Å². The summed E-state index contributed by atoms with van der Waals surface area (Å²) in [6, 6.07) is 8.27. The number of hydrogen-bond donors (Lipinski definition) is 2. The maximum atomic E-state index is 10.8. The van der Waals surface area contributed by atoms with E-state index in [1.54, 1.807) is 0 Å². The van der Waals surface area contributed by atoms with Gasteiger partial charge in [-0.05, 0) is 18.9 Å². The van der Waals surface area contributed by atoms with Crippen molar-refractivity contribution in [3.05, 3.63) is 53.5 Å². The molecule has 0 fully saturated rings. The fourth-order valence-electron chi connectivity index (χ4n) is 1.76. The molecule has 5 nitrogen and oxygen atoms in total. The SMILES string of the molecule is Cc1cccc(CCNc2cncc(C(=O)O)n2)c1. The smallest absolute Gasteiger partial charge is 0.356 e. The first kappa shape index (κ1) is 13.0. The monoisotopic (exact) mass is 257 g/mol. The predicted octanol–water partition coefficient (Wildman–Crippen LogP) is 2.14. The highest BCUT2D eigenvalue weighted by atomic mass is 16.4. The Morgan fingerprint density at radius 2 is 2.21 bits per heavy atom. The zero-order valence-electron chi connectivity index (χ0n) is 10.6. The number of carbonyl (C=O) groups is 1. The molecule has 0 radical (unpaired) electrons. The molecule has 0 saturated carbocycles. The summed E-state index contributed by atoms with van der Waals surface area (Å²) in [6.07, 6.45) is 3.59. The van der Waals surface area contributed by atoms with Gasteiger partial charge in [-0.2, -0.15) is 0 Å². The summed E-state index contributed by atoms with van der Waals surface area (Å²) in [4.78, 5) is 18.5. The lowest BCUT2D eigenvalue weighted by Crippen LogP contribution is -2.09. The number of rotatable bonds is 5. The topological polar surface area (TPSA) is 75.1 Å². The Labute approximate surface area is 111 Å². The minimum atomic E-state index is -1.07. The molecule has 0 amide bonds. The van der Waals surface area contributed by atoms with Gasteiger partial charge in [0.25, 0.3) is 0 Å². The first-order chi connectivity index (χ1) is 9.15. The Hall–Kier alpha value is -2.43. The number of aryl methyl sites for hydroxylation is 1. The molecule has 0 spiro atoms. The molecule has 1 aromatic carbocycles. The molecule has 2 aromatic rings. The molecule has 0 bridgehead atoms. The summed E-state index contributed by atoms with van der Waals surface area (Å²) in [5, 5.41) is 11.9. The molecular formula is C14H15N3O2. The molecular weight excluding hydrogens is 242 g/mol. The Bertz CT molecular complexity index is 584. The van der Waals surface area contributed by atoms with E-state index in [4.69, 9.17) is 5.11 Å². The van der Waals surface area contributed by atoms with Crippen LogP contribution in [0.5, 0.6) is 0 Å². The number of hydrogen-bond acceptors (Lipinski definition) is 4. The summed E-state index contributed by atoms with van der Waals surface area (Å²) >= 11 is 0. The summed E-state index contributed by atoms with van der Waals surface area (Å²) in [5.74, 6) is -0.595. The van der Waals surface area contributed by atoms with Crippen LogP contribution in [0.3, 0.4) is 0 Å². The third kappa shape index (κ3) is 3.77. The van der Waals surface area contributed by atoms with E-state index in [0.717, 1.165) is 6.42 Å². The highest BCUT2D eigenvalue weighted by Gasteiger charge is 2.05. The Kier molecular flexibility index (Phi) is 4.07. The first-order valence-corrected chi connectivity index (χ1v) is 6.00. The lowest BCUT2D eigenvalue weighted by molar-refractivity contribution is 0.0690. The zero-order valence-corrected chi connectivity index (χ0v) is 10.6. The standard InChI is InChI=1S/C14H15N3O2/c1-10-3-2-4-11(7-10)5-6-16-13-9-15-8-12(17-13)14(18)19/h2-4,7-9H,5-6H2,1H3,(H,16,17)(H,18,19). The number of aromatic carboxylic acids is 1. The second-order valence-electron chi connectivity index (χ2n) is 4.26. The van der Waals surface area contributed by atoms with E-state index in [1.807, 2.05) is 6.07 Å². The Balaban J connectivity index is 1.92. The van der Waals surface area contributed by atoms with Gasteiger partial charge in [-0.3, -0.25) is 4.98 Å². The van der Waals surface area contributed by atoms with Crippen molar-refractivity contribution < 1.29 is 9.90 Å². The van der Waals surface area contributed by atoms with Gasteiger partial charge >= 0.3 is 5.97 Å². The van der Waals surface area contributed by atoms with E-state index >= 15 is 0 Å². The molecule has 2 rings (SSSR count). The lowest BCUT2D eigenvalue weighted by atomic mass is 10.1. The molecule has 1 aromatic heterocycles. The van der Waals surface area contributed by atoms with Crippen LogP contribution in [0.2, 0.25) is 0 Å². The average Bonchev–Trinajstić information content (AvgIpc) is 2.39. The van der Waals surface area contributed by atoms with Crippen molar-refractivity contribution >= 4 is 11.8 Å². The maximum Gasteiger partial charge on any atom is 0.356 e. The van der Waals surface area contributed by atoms with Gasteiger partial charge in [-0.15, -0.1) is 0 Å². The van der Waals surface area contributed by atoms with E-state index in [9.17, 15) is 4.79 Å².